The lowest BCUT2D eigenvalue weighted by Crippen LogP contribution is -2.37. The molecule has 7 nitrogen and oxygen atoms in total. The fourth-order valence-corrected chi connectivity index (χ4v) is 3.28. The molecule has 3 heterocycles. The van der Waals surface area contributed by atoms with Crippen LogP contribution in [0, 0.1) is 4.91 Å². The molecule has 2 unspecified atom stereocenters. The fraction of sp³-hybridized carbons (Fsp3) is 0.200. The largest absolute Gasteiger partial charge is 0.354 e. The number of anilines is 1. The number of amides is 1. The normalized spacial score (nSPS) is 23.4. The number of carbonyl (C=O) groups excluding carboxylic acids is 2. The molecule has 90 valence electrons. The van der Waals surface area contributed by atoms with Gasteiger partial charge in [-0.05, 0) is 6.07 Å². The Balaban J connectivity index is 2.12. The van der Waals surface area contributed by atoms with Crippen molar-refractivity contribution in [3.05, 3.63) is 28.6 Å². The van der Waals surface area contributed by atoms with Crippen LogP contribution in [0.2, 0.25) is 0 Å². The van der Waals surface area contributed by atoms with Crippen molar-refractivity contribution in [1.82, 2.24) is 10.3 Å². The highest BCUT2D eigenvalue weighted by molar-refractivity contribution is 8.01. The molecule has 0 aromatic carbocycles. The minimum atomic E-state index is -0.770. The summed E-state index contributed by atoms with van der Waals surface area (Å²) in [7, 11) is 0. The first-order valence-corrected chi connectivity index (χ1v) is 5.94. The van der Waals surface area contributed by atoms with Crippen LogP contribution in [0.5, 0.6) is 0 Å². The van der Waals surface area contributed by atoms with Crippen molar-refractivity contribution in [2.24, 2.45) is 5.18 Å². The van der Waals surface area contributed by atoms with E-state index in [4.69, 9.17) is 0 Å². The molecule has 0 bridgehead atoms. The maximum Gasteiger partial charge on any atom is 0.302 e. The zero-order valence-electron chi connectivity index (χ0n) is 8.84. The molecular weight excluding hydrogens is 256 g/mol. The van der Waals surface area contributed by atoms with Crippen molar-refractivity contribution in [1.29, 1.82) is 0 Å². The number of hydrogen-bond donors (Lipinski definition) is 2. The Kier molecular flexibility index (Phi) is 2.39. The molecule has 8 heteroatoms. The molecule has 0 saturated heterocycles. The maximum absolute atomic E-state index is 11.5. The maximum atomic E-state index is 11.5. The number of pyridine rings is 1. The Morgan fingerprint density at radius 3 is 3.11 bits per heavy atom. The number of aromatic nitrogens is 1. The molecule has 1 aromatic rings. The van der Waals surface area contributed by atoms with Crippen molar-refractivity contribution in [3.63, 3.8) is 0 Å². The van der Waals surface area contributed by atoms with Crippen LogP contribution in [0.15, 0.2) is 28.3 Å². The van der Waals surface area contributed by atoms with Gasteiger partial charge in [-0.1, -0.05) is 11.8 Å². The summed E-state index contributed by atoms with van der Waals surface area (Å²) >= 11 is 1.17. The number of nitrogens with one attached hydrogen (secondary N) is 2. The molecule has 0 saturated carbocycles. The topological polar surface area (TPSA) is 101 Å². The average Bonchev–Trinajstić information content (AvgIpc) is 2.78. The summed E-state index contributed by atoms with van der Waals surface area (Å²) in [5, 5.41) is 8.08. The second kappa shape index (κ2) is 3.94. The molecule has 2 N–H and O–H groups in total. The van der Waals surface area contributed by atoms with Gasteiger partial charge < -0.3 is 10.6 Å². The van der Waals surface area contributed by atoms with E-state index in [0.29, 0.717) is 10.7 Å². The van der Waals surface area contributed by atoms with E-state index in [-0.39, 0.29) is 5.82 Å². The van der Waals surface area contributed by atoms with Crippen LogP contribution in [-0.4, -0.2) is 22.1 Å². The van der Waals surface area contributed by atoms with Crippen LogP contribution in [0.1, 0.15) is 11.6 Å². The van der Waals surface area contributed by atoms with Gasteiger partial charge in [-0.15, -0.1) is 4.91 Å². The zero-order chi connectivity index (χ0) is 12.7. The fourth-order valence-electron chi connectivity index (χ4n) is 2.07. The van der Waals surface area contributed by atoms with Crippen LogP contribution in [0.4, 0.5) is 5.69 Å². The van der Waals surface area contributed by atoms with Crippen molar-refractivity contribution in [2.75, 3.05) is 5.32 Å². The molecule has 0 aliphatic carbocycles. The van der Waals surface area contributed by atoms with Crippen LogP contribution >= 0.6 is 11.8 Å². The Morgan fingerprint density at radius 2 is 2.39 bits per heavy atom. The third-order valence-corrected chi connectivity index (χ3v) is 4.08. The highest BCUT2D eigenvalue weighted by atomic mass is 32.2. The molecule has 18 heavy (non-hydrogen) atoms. The Bertz CT molecular complexity index is 611. The predicted octanol–water partition coefficient (Wildman–Crippen LogP) is 0.578. The van der Waals surface area contributed by atoms with E-state index in [0.717, 1.165) is 5.56 Å². The summed E-state index contributed by atoms with van der Waals surface area (Å²) in [6, 6.07) is 1.22. The van der Waals surface area contributed by atoms with Gasteiger partial charge in [0.15, 0.2) is 11.8 Å². The second-order valence-electron chi connectivity index (χ2n) is 3.77. The molecule has 1 amide bonds. The van der Waals surface area contributed by atoms with Crippen LogP contribution in [0.25, 0.3) is 0 Å². The minimum absolute atomic E-state index is 0.135. The predicted molar refractivity (Wildman–Crippen MR) is 63.4 cm³/mol. The molecule has 3 rings (SSSR count). The molecule has 0 spiro atoms. The Hall–Kier alpha value is -2.18. The highest BCUT2D eigenvalue weighted by Crippen LogP contribution is 2.48. The average molecular weight is 262 g/mol. The third-order valence-electron chi connectivity index (χ3n) is 2.80. The first-order chi connectivity index (χ1) is 8.74. The van der Waals surface area contributed by atoms with Crippen molar-refractivity contribution in [3.8, 4) is 0 Å². The Morgan fingerprint density at radius 1 is 1.56 bits per heavy atom. The van der Waals surface area contributed by atoms with Crippen LogP contribution < -0.4 is 10.6 Å². The smallest absolute Gasteiger partial charge is 0.302 e. The molecule has 2 aliphatic rings. The van der Waals surface area contributed by atoms with E-state index in [1.807, 2.05) is 0 Å². The number of hydrogen-bond acceptors (Lipinski definition) is 7. The minimum Gasteiger partial charge on any atom is -0.354 e. The summed E-state index contributed by atoms with van der Waals surface area (Å²) < 4.78 is 0. The van der Waals surface area contributed by atoms with Gasteiger partial charge in [0.1, 0.15) is 10.3 Å². The summed E-state index contributed by atoms with van der Waals surface area (Å²) in [4.78, 5) is 36.7. The van der Waals surface area contributed by atoms with Gasteiger partial charge in [0.25, 0.3) is 0 Å². The second-order valence-corrected chi connectivity index (χ2v) is 4.90. The molecule has 2 atom stereocenters. The zero-order valence-corrected chi connectivity index (χ0v) is 9.65. The first-order valence-electron chi connectivity index (χ1n) is 5.06. The summed E-state index contributed by atoms with van der Waals surface area (Å²) in [6.45, 7) is 0. The van der Waals surface area contributed by atoms with Gasteiger partial charge in [-0.3, -0.25) is 4.79 Å². The number of nitrogens with zero attached hydrogens (tertiary/aromatic N) is 2. The van der Waals surface area contributed by atoms with Gasteiger partial charge in [0.05, 0.1) is 6.04 Å². The van der Waals surface area contributed by atoms with Crippen LogP contribution in [-0.2, 0) is 9.59 Å². The number of nitroso groups, excluding NO2 is 1. The highest BCUT2D eigenvalue weighted by Gasteiger charge is 2.43. The lowest BCUT2D eigenvalue weighted by molar-refractivity contribution is -0.117. The summed E-state index contributed by atoms with van der Waals surface area (Å²) in [6.07, 6.45) is 1.57. The standard InChI is InChI=1S/C10H6N4O3S/c15-3-5-12-4-1-2-11-10-6(4)7(13-5)8(18-10)9(16)14-17/h1-2,7-8,12-13H. The molecule has 1 aromatic heterocycles. The monoisotopic (exact) mass is 262 g/mol. The van der Waals surface area contributed by atoms with Crippen molar-refractivity contribution in [2.45, 2.75) is 16.3 Å². The van der Waals surface area contributed by atoms with Gasteiger partial charge in [0.2, 0.25) is 0 Å². The van der Waals surface area contributed by atoms with E-state index in [1.165, 1.54) is 11.8 Å². The van der Waals surface area contributed by atoms with Gasteiger partial charge in [0, 0.05) is 22.6 Å². The summed E-state index contributed by atoms with van der Waals surface area (Å²) in [5.74, 6) is 1.07. The van der Waals surface area contributed by atoms with Gasteiger partial charge in [-0.2, -0.15) is 0 Å². The lowest BCUT2D eigenvalue weighted by Gasteiger charge is -2.26. The Labute approximate surface area is 105 Å². The number of thioether (sulfide) groups is 1. The van der Waals surface area contributed by atoms with E-state index >= 15 is 0 Å². The lowest BCUT2D eigenvalue weighted by atomic mass is 10.0. The van der Waals surface area contributed by atoms with E-state index in [9.17, 15) is 14.5 Å². The number of carbonyl (C=O) groups is 1. The molecular formula is C10H6N4O3S. The van der Waals surface area contributed by atoms with Crippen LogP contribution in [0.3, 0.4) is 0 Å². The summed E-state index contributed by atoms with van der Waals surface area (Å²) in [5.41, 5.74) is 1.47. The van der Waals surface area contributed by atoms with E-state index in [2.05, 4.69) is 20.8 Å². The quantitative estimate of drug-likeness (QED) is 0.564. The number of rotatable bonds is 1. The van der Waals surface area contributed by atoms with Gasteiger partial charge in [-0.25, -0.2) is 9.78 Å². The third kappa shape index (κ3) is 1.43. The van der Waals surface area contributed by atoms with E-state index in [1.54, 1.807) is 18.2 Å². The first kappa shape index (κ1) is 10.9. The van der Waals surface area contributed by atoms with E-state index < -0.39 is 17.2 Å². The molecule has 0 radical (unpaired) electrons. The van der Waals surface area contributed by atoms with Gasteiger partial charge >= 0.3 is 5.91 Å². The van der Waals surface area contributed by atoms with Crippen molar-refractivity contribution < 1.29 is 9.59 Å². The van der Waals surface area contributed by atoms with Crippen molar-refractivity contribution >= 4 is 29.3 Å². The molecule has 0 fully saturated rings. The molecule has 2 aliphatic heterocycles. The SMILES string of the molecule is O=C=C1Nc2ccnc3c2C(N1)C(C(=O)N=O)S3.